The number of nitriles is 1. The third kappa shape index (κ3) is 3.23. The number of aromatic amines is 1. The molecular weight excluding hydrogens is 360 g/mol. The molecule has 1 aliphatic heterocycles. The van der Waals surface area contributed by atoms with Crippen LogP contribution in [0.15, 0.2) is 23.1 Å². The molecule has 0 aliphatic carbocycles. The predicted molar refractivity (Wildman–Crippen MR) is 105 cm³/mol. The molecule has 0 atom stereocenters. The minimum Gasteiger partial charge on any atom is -0.384 e. The van der Waals surface area contributed by atoms with Gasteiger partial charge < -0.3 is 25.3 Å². The van der Waals surface area contributed by atoms with E-state index in [-0.39, 0.29) is 17.2 Å². The van der Waals surface area contributed by atoms with Crippen LogP contribution in [0.3, 0.4) is 0 Å². The second-order valence-electron chi connectivity index (χ2n) is 6.53. The number of nitrogens with one attached hydrogen (secondary N) is 2. The highest BCUT2D eigenvalue weighted by Crippen LogP contribution is 2.27. The number of H-pyrrole nitrogens is 1. The molecule has 1 aliphatic rings. The molecule has 0 unspecified atom stereocenters. The molecule has 1 saturated heterocycles. The molecular formula is C18H20N8O2. The van der Waals surface area contributed by atoms with E-state index in [9.17, 15) is 10.1 Å². The first-order valence-electron chi connectivity index (χ1n) is 8.88. The van der Waals surface area contributed by atoms with Gasteiger partial charge in [0.05, 0.1) is 42.2 Å². The molecule has 3 aromatic rings. The van der Waals surface area contributed by atoms with Crippen molar-refractivity contribution in [3.05, 3.63) is 40.1 Å². The Balaban J connectivity index is 1.72. The predicted octanol–water partition coefficient (Wildman–Crippen LogP) is 0.559. The molecule has 0 saturated carbocycles. The number of ether oxygens (including phenoxy) is 1. The van der Waals surface area contributed by atoms with Gasteiger partial charge in [0.25, 0.3) is 0 Å². The van der Waals surface area contributed by atoms with E-state index in [0.29, 0.717) is 19.8 Å². The van der Waals surface area contributed by atoms with E-state index in [2.05, 4.69) is 26.3 Å². The van der Waals surface area contributed by atoms with E-state index in [0.717, 1.165) is 35.5 Å². The van der Waals surface area contributed by atoms with Gasteiger partial charge in [-0.2, -0.15) is 10.2 Å². The van der Waals surface area contributed by atoms with Gasteiger partial charge in [0, 0.05) is 26.3 Å². The van der Waals surface area contributed by atoms with Crippen molar-refractivity contribution in [1.82, 2.24) is 19.5 Å². The van der Waals surface area contributed by atoms with Crippen molar-refractivity contribution in [2.75, 3.05) is 42.3 Å². The third-order valence-corrected chi connectivity index (χ3v) is 4.77. The molecule has 3 aromatic heterocycles. The molecule has 4 heterocycles. The van der Waals surface area contributed by atoms with Crippen LogP contribution in [0.1, 0.15) is 11.3 Å². The van der Waals surface area contributed by atoms with E-state index < -0.39 is 5.69 Å². The average Bonchev–Trinajstić information content (AvgIpc) is 3.06. The van der Waals surface area contributed by atoms with Crippen LogP contribution in [0.5, 0.6) is 0 Å². The van der Waals surface area contributed by atoms with Crippen LogP contribution >= 0.6 is 0 Å². The van der Waals surface area contributed by atoms with Gasteiger partial charge >= 0.3 is 5.69 Å². The fourth-order valence-corrected chi connectivity index (χ4v) is 3.32. The molecule has 4 rings (SSSR count). The molecule has 1 fully saturated rings. The van der Waals surface area contributed by atoms with Gasteiger partial charge in [-0.1, -0.05) is 0 Å². The maximum atomic E-state index is 11.6. The van der Waals surface area contributed by atoms with Gasteiger partial charge in [0.15, 0.2) is 5.82 Å². The zero-order valence-corrected chi connectivity index (χ0v) is 15.4. The summed E-state index contributed by atoms with van der Waals surface area (Å²) in [6, 6.07) is 6.02. The molecule has 144 valence electrons. The molecule has 28 heavy (non-hydrogen) atoms. The van der Waals surface area contributed by atoms with E-state index in [1.54, 1.807) is 0 Å². The van der Waals surface area contributed by atoms with Crippen LogP contribution in [0, 0.1) is 11.3 Å². The van der Waals surface area contributed by atoms with E-state index in [4.69, 9.17) is 15.5 Å². The number of nitrogen functional groups attached to an aromatic ring is 1. The summed E-state index contributed by atoms with van der Waals surface area (Å²) in [4.78, 5) is 24.8. The Labute approximate surface area is 160 Å². The average molecular weight is 380 g/mol. The zero-order valence-electron chi connectivity index (χ0n) is 15.4. The minimum atomic E-state index is -0.612. The summed E-state index contributed by atoms with van der Waals surface area (Å²) in [5.41, 5.74) is 8.90. The Hall–Kier alpha value is -3.58. The van der Waals surface area contributed by atoms with E-state index in [1.807, 2.05) is 29.9 Å². The highest BCUT2D eigenvalue weighted by atomic mass is 16.5. The van der Waals surface area contributed by atoms with Crippen molar-refractivity contribution in [2.24, 2.45) is 7.05 Å². The SMILES string of the molecule is Cn1ccc2nc(CNc3nc(=O)[nH]c(N)c3C#N)c(N3CCOCC3)cc21. The summed E-state index contributed by atoms with van der Waals surface area (Å²) in [5, 5.41) is 12.4. The molecule has 0 bridgehead atoms. The highest BCUT2D eigenvalue weighted by Gasteiger charge is 2.19. The molecule has 0 radical (unpaired) electrons. The van der Waals surface area contributed by atoms with E-state index in [1.165, 1.54) is 0 Å². The monoisotopic (exact) mass is 380 g/mol. The first-order chi connectivity index (χ1) is 13.6. The largest absolute Gasteiger partial charge is 0.384 e. The number of aryl methyl sites for hydroxylation is 1. The number of nitrogens with two attached hydrogens (primary N) is 1. The van der Waals surface area contributed by atoms with Crippen LogP contribution in [0.4, 0.5) is 17.3 Å². The summed E-state index contributed by atoms with van der Waals surface area (Å²) in [6.07, 6.45) is 1.96. The van der Waals surface area contributed by atoms with Gasteiger partial charge in [-0.25, -0.2) is 9.78 Å². The number of pyridine rings is 1. The molecule has 0 aromatic carbocycles. The fraction of sp³-hybridized carbons (Fsp3) is 0.333. The van der Waals surface area contributed by atoms with Gasteiger partial charge in [0.1, 0.15) is 17.5 Å². The number of hydrogen-bond acceptors (Lipinski definition) is 8. The van der Waals surface area contributed by atoms with Crippen LogP contribution in [0.2, 0.25) is 0 Å². The van der Waals surface area contributed by atoms with Gasteiger partial charge in [-0.05, 0) is 12.1 Å². The van der Waals surface area contributed by atoms with E-state index >= 15 is 0 Å². The van der Waals surface area contributed by atoms with Gasteiger partial charge in [-0.3, -0.25) is 4.98 Å². The topological polar surface area (TPSA) is 138 Å². The van der Waals surface area contributed by atoms with Crippen molar-refractivity contribution in [3.63, 3.8) is 0 Å². The van der Waals surface area contributed by atoms with Crippen LogP contribution in [0.25, 0.3) is 11.0 Å². The van der Waals surface area contributed by atoms with Crippen molar-refractivity contribution in [3.8, 4) is 6.07 Å². The first-order valence-corrected chi connectivity index (χ1v) is 8.88. The summed E-state index contributed by atoms with van der Waals surface area (Å²) >= 11 is 0. The lowest BCUT2D eigenvalue weighted by molar-refractivity contribution is 0.122. The van der Waals surface area contributed by atoms with Gasteiger partial charge in [-0.15, -0.1) is 0 Å². The van der Waals surface area contributed by atoms with Crippen molar-refractivity contribution in [1.29, 1.82) is 5.26 Å². The highest BCUT2D eigenvalue weighted by molar-refractivity contribution is 5.81. The summed E-state index contributed by atoms with van der Waals surface area (Å²) in [5.74, 6) is 0.136. The summed E-state index contributed by atoms with van der Waals surface area (Å²) in [6.45, 7) is 3.14. The molecule has 0 spiro atoms. The third-order valence-electron chi connectivity index (χ3n) is 4.77. The summed E-state index contributed by atoms with van der Waals surface area (Å²) < 4.78 is 7.49. The second-order valence-corrected chi connectivity index (χ2v) is 6.53. The standard InChI is InChI=1S/C18H20N8O2/c1-25-3-2-12-14(25)8-15(26-4-6-28-7-5-26)13(22-12)10-21-17-11(9-19)16(20)23-18(27)24-17/h2-3,8H,4-7,10H2,1H3,(H4,20,21,23,24,27). The Morgan fingerprint density at radius 2 is 2.18 bits per heavy atom. The quantitative estimate of drug-likeness (QED) is 0.597. The lowest BCUT2D eigenvalue weighted by Gasteiger charge is -2.30. The summed E-state index contributed by atoms with van der Waals surface area (Å²) in [7, 11) is 1.98. The Kier molecular flexibility index (Phi) is 4.58. The Morgan fingerprint density at radius 1 is 1.39 bits per heavy atom. The van der Waals surface area contributed by atoms with Crippen LogP contribution in [-0.4, -0.2) is 45.8 Å². The fourth-order valence-electron chi connectivity index (χ4n) is 3.32. The van der Waals surface area contributed by atoms with Crippen LogP contribution in [-0.2, 0) is 18.3 Å². The second kappa shape index (κ2) is 7.21. The molecule has 10 heteroatoms. The molecule has 0 amide bonds. The van der Waals surface area contributed by atoms with Gasteiger partial charge in [0.2, 0.25) is 0 Å². The number of rotatable bonds is 4. The minimum absolute atomic E-state index is 0.00938. The lowest BCUT2D eigenvalue weighted by atomic mass is 10.2. The smallest absolute Gasteiger partial charge is 0.348 e. The number of fused-ring (bicyclic) bond motifs is 1. The Morgan fingerprint density at radius 3 is 2.93 bits per heavy atom. The number of anilines is 3. The maximum Gasteiger partial charge on any atom is 0.348 e. The lowest BCUT2D eigenvalue weighted by Crippen LogP contribution is -2.37. The number of hydrogen-bond donors (Lipinski definition) is 3. The number of aromatic nitrogens is 4. The Bertz CT molecular complexity index is 1120. The number of morpholine rings is 1. The van der Waals surface area contributed by atoms with Crippen molar-refractivity contribution >= 4 is 28.4 Å². The maximum absolute atomic E-state index is 11.6. The first kappa shape index (κ1) is 17.8. The van der Waals surface area contributed by atoms with Crippen molar-refractivity contribution in [2.45, 2.75) is 6.54 Å². The zero-order chi connectivity index (χ0) is 19.7. The molecule has 4 N–H and O–H groups in total. The number of nitrogens with zero attached hydrogens (tertiary/aromatic N) is 5. The van der Waals surface area contributed by atoms with Crippen molar-refractivity contribution < 1.29 is 4.74 Å². The van der Waals surface area contributed by atoms with Crippen LogP contribution < -0.4 is 21.6 Å². The normalized spacial score (nSPS) is 14.2. The molecule has 10 nitrogen and oxygen atoms in total.